The topological polar surface area (TPSA) is 96.5 Å². The van der Waals surface area contributed by atoms with Crippen molar-refractivity contribution in [1.29, 1.82) is 0 Å². The Morgan fingerprint density at radius 2 is 1.62 bits per heavy atom. The Kier molecular flexibility index (Phi) is 10.8. The van der Waals surface area contributed by atoms with Gasteiger partial charge in [-0.3, -0.25) is 14.4 Å². The van der Waals surface area contributed by atoms with Gasteiger partial charge < -0.3 is 20.7 Å². The molecule has 0 saturated carbocycles. The van der Waals surface area contributed by atoms with E-state index in [0.717, 1.165) is 4.90 Å². The molecule has 0 heterocycles. The van der Waals surface area contributed by atoms with Crippen LogP contribution in [0.15, 0.2) is 114 Å². The Morgan fingerprint density at radius 3 is 2.38 bits per heavy atom. The third-order valence-corrected chi connectivity index (χ3v) is 7.24. The minimum atomic E-state index is -0.514. The average molecular weight is 600 g/mol. The summed E-state index contributed by atoms with van der Waals surface area (Å²) in [6, 6.07) is 30.0. The van der Waals surface area contributed by atoms with Crippen molar-refractivity contribution in [1.82, 2.24) is 5.32 Å². The molecule has 4 aromatic rings. The largest absolute Gasteiger partial charge is 0.492 e. The van der Waals surface area contributed by atoms with Crippen LogP contribution in [-0.2, 0) is 9.59 Å². The first-order valence-electron chi connectivity index (χ1n) is 13.3. The maximum absolute atomic E-state index is 13.4. The first-order valence-corrected chi connectivity index (χ1v) is 14.5. The summed E-state index contributed by atoms with van der Waals surface area (Å²) in [5.74, 6) is -0.512. The highest BCUT2D eigenvalue weighted by Gasteiger charge is 2.18. The predicted octanol–water partition coefficient (Wildman–Crippen LogP) is 7.27. The van der Waals surface area contributed by atoms with Gasteiger partial charge in [0, 0.05) is 21.2 Å². The van der Waals surface area contributed by atoms with Crippen molar-refractivity contribution in [2.24, 2.45) is 0 Å². The fourth-order valence-electron chi connectivity index (χ4n) is 3.89. The lowest BCUT2D eigenvalue weighted by Gasteiger charge is -2.15. The van der Waals surface area contributed by atoms with Gasteiger partial charge in [0.05, 0.1) is 17.5 Å². The van der Waals surface area contributed by atoms with E-state index in [1.807, 2.05) is 31.2 Å². The second-order valence-electron chi connectivity index (χ2n) is 9.09. The molecule has 0 aliphatic heterocycles. The van der Waals surface area contributed by atoms with Crippen molar-refractivity contribution in [2.45, 2.75) is 24.0 Å². The van der Waals surface area contributed by atoms with Gasteiger partial charge in [-0.15, -0.1) is 11.8 Å². The maximum Gasteiger partial charge on any atom is 0.272 e. The van der Waals surface area contributed by atoms with Crippen LogP contribution in [0, 0.1) is 0 Å². The Morgan fingerprint density at radius 1 is 0.881 bits per heavy atom. The maximum atomic E-state index is 13.4. The minimum absolute atomic E-state index is 0.0462. The van der Waals surface area contributed by atoms with Crippen LogP contribution < -0.4 is 20.7 Å². The molecule has 4 rings (SSSR count). The molecule has 0 bridgehead atoms. The molecule has 7 nitrogen and oxygen atoms in total. The lowest BCUT2D eigenvalue weighted by molar-refractivity contribution is -0.115. The van der Waals surface area contributed by atoms with Crippen LogP contribution in [0.25, 0.3) is 6.08 Å². The molecule has 9 heteroatoms. The number of benzene rings is 4. The molecular formula is C33H30ClN3O4S. The number of thioether (sulfide) groups is 1. The number of carbonyl (C=O) groups excluding carboxylic acids is 3. The summed E-state index contributed by atoms with van der Waals surface area (Å²) in [4.78, 5) is 40.0. The van der Waals surface area contributed by atoms with E-state index < -0.39 is 17.1 Å². The van der Waals surface area contributed by atoms with E-state index in [-0.39, 0.29) is 11.6 Å². The highest BCUT2D eigenvalue weighted by Crippen LogP contribution is 2.29. The third-order valence-electron chi connectivity index (χ3n) is 5.91. The number of hydrogen-bond donors (Lipinski definition) is 3. The smallest absolute Gasteiger partial charge is 0.272 e. The summed E-state index contributed by atoms with van der Waals surface area (Å²) >= 11 is 7.48. The number of carbonyl (C=O) groups is 3. The van der Waals surface area contributed by atoms with E-state index in [4.69, 9.17) is 16.3 Å². The fourth-order valence-corrected chi connectivity index (χ4v) is 5.02. The van der Waals surface area contributed by atoms with Crippen molar-refractivity contribution >= 4 is 58.5 Å². The first-order chi connectivity index (χ1) is 20.3. The number of amides is 3. The van der Waals surface area contributed by atoms with Crippen molar-refractivity contribution in [3.63, 3.8) is 0 Å². The standard InChI is InChI=1S/C33H30ClN3O4S/c1-3-41-30-18-8-7-17-28(30)36-31(38)22(2)42-27-16-10-15-26(21-27)35-33(40)29(20-23-11-9-14-25(34)19-23)37-32(39)24-12-5-4-6-13-24/h4-22H,3H2,1-2H3,(H,35,40)(H,36,38)(H,37,39)/b29-20-. The van der Waals surface area contributed by atoms with Crippen molar-refractivity contribution in [2.75, 3.05) is 17.2 Å². The number of anilines is 2. The van der Waals surface area contributed by atoms with Crippen LogP contribution in [0.5, 0.6) is 5.75 Å². The van der Waals surface area contributed by atoms with E-state index in [1.54, 1.807) is 91.9 Å². The Labute approximate surface area is 254 Å². The number of rotatable bonds is 11. The molecule has 1 unspecified atom stereocenters. The molecule has 0 saturated heterocycles. The second-order valence-corrected chi connectivity index (χ2v) is 10.9. The molecule has 3 amide bonds. The zero-order valence-corrected chi connectivity index (χ0v) is 24.7. The van der Waals surface area contributed by atoms with Gasteiger partial charge in [-0.1, -0.05) is 60.1 Å². The van der Waals surface area contributed by atoms with E-state index in [0.29, 0.717) is 39.9 Å². The van der Waals surface area contributed by atoms with Gasteiger partial charge in [-0.25, -0.2) is 0 Å². The van der Waals surface area contributed by atoms with E-state index in [9.17, 15) is 14.4 Å². The third kappa shape index (κ3) is 8.73. The van der Waals surface area contributed by atoms with Gasteiger partial charge in [0.15, 0.2) is 0 Å². The van der Waals surface area contributed by atoms with Crippen LogP contribution in [0.2, 0.25) is 5.02 Å². The monoisotopic (exact) mass is 599 g/mol. The lowest BCUT2D eigenvalue weighted by Crippen LogP contribution is -2.30. The second kappa shape index (κ2) is 14.9. The molecule has 0 spiro atoms. The van der Waals surface area contributed by atoms with Crippen LogP contribution in [-0.4, -0.2) is 29.6 Å². The van der Waals surface area contributed by atoms with Gasteiger partial charge in [0.1, 0.15) is 11.4 Å². The zero-order valence-electron chi connectivity index (χ0n) is 23.1. The van der Waals surface area contributed by atoms with Gasteiger partial charge in [0.2, 0.25) is 5.91 Å². The van der Waals surface area contributed by atoms with E-state index in [2.05, 4.69) is 16.0 Å². The molecule has 0 radical (unpaired) electrons. The highest BCUT2D eigenvalue weighted by atomic mass is 35.5. The SMILES string of the molecule is CCOc1ccccc1NC(=O)C(C)Sc1cccc(NC(=O)/C(=C/c2cccc(Cl)c2)NC(=O)c2ccccc2)c1. The van der Waals surface area contributed by atoms with Crippen molar-refractivity contribution in [3.05, 3.63) is 125 Å². The summed E-state index contributed by atoms with van der Waals surface area (Å²) < 4.78 is 5.60. The molecule has 0 aliphatic carbocycles. The molecule has 0 aliphatic rings. The summed E-state index contributed by atoms with van der Waals surface area (Å²) in [5, 5.41) is 8.56. The summed E-state index contributed by atoms with van der Waals surface area (Å²) in [6.45, 7) is 4.18. The van der Waals surface area contributed by atoms with Crippen LogP contribution in [0.4, 0.5) is 11.4 Å². The van der Waals surface area contributed by atoms with Crippen LogP contribution in [0.1, 0.15) is 29.8 Å². The van der Waals surface area contributed by atoms with Gasteiger partial charge in [0.25, 0.3) is 11.8 Å². The van der Waals surface area contributed by atoms with Crippen LogP contribution in [0.3, 0.4) is 0 Å². The molecule has 0 fully saturated rings. The molecule has 4 aromatic carbocycles. The van der Waals surface area contributed by atoms with E-state index in [1.165, 1.54) is 11.8 Å². The molecule has 3 N–H and O–H groups in total. The normalized spacial score (nSPS) is 11.7. The highest BCUT2D eigenvalue weighted by molar-refractivity contribution is 8.00. The van der Waals surface area contributed by atoms with Gasteiger partial charge >= 0.3 is 0 Å². The number of hydrogen-bond acceptors (Lipinski definition) is 5. The molecule has 214 valence electrons. The number of halogens is 1. The first kappa shape index (κ1) is 30.4. The Balaban J connectivity index is 1.47. The molecule has 1 atom stereocenters. The minimum Gasteiger partial charge on any atom is -0.492 e. The number of nitrogens with one attached hydrogen (secondary N) is 3. The van der Waals surface area contributed by atoms with Crippen molar-refractivity contribution < 1.29 is 19.1 Å². The Hall–Kier alpha value is -4.53. The number of para-hydroxylation sites is 2. The zero-order chi connectivity index (χ0) is 29.9. The quantitative estimate of drug-likeness (QED) is 0.124. The van der Waals surface area contributed by atoms with Gasteiger partial charge in [-0.05, 0) is 80.1 Å². The summed E-state index contributed by atoms with van der Waals surface area (Å²) in [5.41, 5.74) is 2.22. The molecule has 42 heavy (non-hydrogen) atoms. The summed E-state index contributed by atoms with van der Waals surface area (Å²) in [6.07, 6.45) is 1.56. The summed E-state index contributed by atoms with van der Waals surface area (Å²) in [7, 11) is 0. The number of ether oxygens (including phenoxy) is 1. The van der Waals surface area contributed by atoms with E-state index >= 15 is 0 Å². The lowest BCUT2D eigenvalue weighted by atomic mass is 10.1. The van der Waals surface area contributed by atoms with Crippen molar-refractivity contribution in [3.8, 4) is 5.75 Å². The van der Waals surface area contributed by atoms with Gasteiger partial charge in [-0.2, -0.15) is 0 Å². The average Bonchev–Trinajstić information content (AvgIpc) is 2.98. The molecule has 0 aromatic heterocycles. The fraction of sp³-hybridized carbons (Fsp3) is 0.121. The van der Waals surface area contributed by atoms with Crippen LogP contribution >= 0.6 is 23.4 Å². The predicted molar refractivity (Wildman–Crippen MR) is 170 cm³/mol. The Bertz CT molecular complexity index is 1590. The molecular weight excluding hydrogens is 570 g/mol.